The van der Waals surface area contributed by atoms with Gasteiger partial charge in [-0.3, -0.25) is 9.59 Å². The van der Waals surface area contributed by atoms with Crippen molar-refractivity contribution in [3.8, 4) is 0 Å². The molecule has 2 aromatic carbocycles. The first kappa shape index (κ1) is 12.9. The van der Waals surface area contributed by atoms with Gasteiger partial charge >= 0.3 is 0 Å². The summed E-state index contributed by atoms with van der Waals surface area (Å²) in [6.07, 6.45) is 5.64. The number of hydrogen-bond acceptors (Lipinski definition) is 2. The Morgan fingerprint density at radius 2 is 1.42 bits per heavy atom. The zero-order valence-corrected chi connectivity index (χ0v) is 13.1. The van der Waals surface area contributed by atoms with Crippen molar-refractivity contribution in [1.82, 2.24) is 0 Å². The molecular formula is C21H17NO2. The molecule has 1 heterocycles. The van der Waals surface area contributed by atoms with Crippen LogP contribution in [0.1, 0.15) is 6.42 Å². The van der Waals surface area contributed by atoms with Crippen molar-refractivity contribution in [1.29, 1.82) is 0 Å². The number of rotatable bonds is 1. The van der Waals surface area contributed by atoms with Crippen LogP contribution in [0.25, 0.3) is 10.8 Å². The second-order valence-electron chi connectivity index (χ2n) is 7.66. The van der Waals surface area contributed by atoms with E-state index in [4.69, 9.17) is 0 Å². The highest BCUT2D eigenvalue weighted by Gasteiger charge is 2.67. The predicted molar refractivity (Wildman–Crippen MR) is 91.1 cm³/mol. The minimum atomic E-state index is -0.129. The molecule has 6 atom stereocenters. The highest BCUT2D eigenvalue weighted by atomic mass is 16.2. The van der Waals surface area contributed by atoms with E-state index in [9.17, 15) is 9.59 Å². The molecule has 7 rings (SSSR count). The van der Waals surface area contributed by atoms with Crippen molar-refractivity contribution in [3.05, 3.63) is 54.6 Å². The zero-order valence-electron chi connectivity index (χ0n) is 13.1. The SMILES string of the molecule is O=C1[C@@H]2[C@H]3C=C[C@@H]([C@@H]4C[C@H]34)[C@@H]2C(=O)N1c1cccc2ccccc12. The molecule has 0 radical (unpaired) electrons. The molecule has 3 nitrogen and oxygen atoms in total. The van der Waals surface area contributed by atoms with E-state index in [0.29, 0.717) is 11.8 Å². The Morgan fingerprint density at radius 1 is 0.792 bits per heavy atom. The molecule has 5 aliphatic rings. The van der Waals surface area contributed by atoms with Gasteiger partial charge in [-0.2, -0.15) is 0 Å². The first-order valence-electron chi connectivity index (χ1n) is 8.79. The lowest BCUT2D eigenvalue weighted by molar-refractivity contribution is -0.124. The van der Waals surface area contributed by atoms with Gasteiger partial charge in [0.1, 0.15) is 0 Å². The minimum Gasteiger partial charge on any atom is -0.274 e. The van der Waals surface area contributed by atoms with Crippen LogP contribution in [0.2, 0.25) is 0 Å². The molecule has 3 heteroatoms. The quantitative estimate of drug-likeness (QED) is 0.597. The Bertz CT molecular complexity index is 905. The van der Waals surface area contributed by atoms with E-state index < -0.39 is 0 Å². The van der Waals surface area contributed by atoms with Crippen LogP contribution in [-0.2, 0) is 9.59 Å². The maximum absolute atomic E-state index is 13.2. The van der Waals surface area contributed by atoms with Crippen molar-refractivity contribution in [2.45, 2.75) is 6.42 Å². The van der Waals surface area contributed by atoms with E-state index in [-0.39, 0.29) is 35.5 Å². The number of hydrogen-bond donors (Lipinski definition) is 0. The molecule has 2 bridgehead atoms. The van der Waals surface area contributed by atoms with Gasteiger partial charge in [-0.1, -0.05) is 48.6 Å². The molecule has 2 saturated carbocycles. The number of carbonyl (C=O) groups is 2. The van der Waals surface area contributed by atoms with Gasteiger partial charge in [0.25, 0.3) is 0 Å². The standard InChI is InChI=1S/C21H17NO2/c23-20-18-13-8-9-14(16-10-15(13)16)19(18)21(24)22(20)17-7-3-5-11-4-1-2-6-12(11)17/h1-9,13-16,18-19H,10H2/t13-,14-,15-,16+,18-,19+/m0/s1. The fraction of sp³-hybridized carbons (Fsp3) is 0.333. The maximum Gasteiger partial charge on any atom is 0.238 e. The monoisotopic (exact) mass is 315 g/mol. The van der Waals surface area contributed by atoms with Crippen LogP contribution in [0.5, 0.6) is 0 Å². The second-order valence-corrected chi connectivity index (χ2v) is 7.66. The first-order chi connectivity index (χ1) is 11.8. The molecule has 1 saturated heterocycles. The number of fused-ring (bicyclic) bond motifs is 1. The van der Waals surface area contributed by atoms with E-state index in [1.807, 2.05) is 42.5 Å². The van der Waals surface area contributed by atoms with E-state index in [2.05, 4.69) is 12.2 Å². The topological polar surface area (TPSA) is 37.4 Å². The Kier molecular flexibility index (Phi) is 2.24. The normalized spacial score (nSPS) is 38.6. The third kappa shape index (κ3) is 1.40. The van der Waals surface area contributed by atoms with E-state index >= 15 is 0 Å². The maximum atomic E-state index is 13.2. The van der Waals surface area contributed by atoms with Crippen molar-refractivity contribution in [2.24, 2.45) is 35.5 Å². The lowest BCUT2D eigenvalue weighted by atomic mass is 9.63. The molecular weight excluding hydrogens is 298 g/mol. The zero-order chi connectivity index (χ0) is 16.0. The summed E-state index contributed by atoms with van der Waals surface area (Å²) >= 11 is 0. The van der Waals surface area contributed by atoms with Crippen LogP contribution < -0.4 is 4.90 Å². The molecule has 0 spiro atoms. The van der Waals surface area contributed by atoms with Gasteiger partial charge in [0.2, 0.25) is 11.8 Å². The second kappa shape index (κ2) is 4.15. The van der Waals surface area contributed by atoms with Gasteiger partial charge < -0.3 is 0 Å². The summed E-state index contributed by atoms with van der Waals surface area (Å²) in [5, 5.41) is 2.04. The summed E-state index contributed by atoms with van der Waals surface area (Å²) in [6.45, 7) is 0. The van der Waals surface area contributed by atoms with Gasteiger partial charge in [-0.05, 0) is 41.5 Å². The average molecular weight is 315 g/mol. The van der Waals surface area contributed by atoms with Crippen LogP contribution in [0, 0.1) is 35.5 Å². The highest BCUT2D eigenvalue weighted by Crippen LogP contribution is 2.65. The summed E-state index contributed by atoms with van der Waals surface area (Å²) in [5.41, 5.74) is 0.755. The number of nitrogens with zero attached hydrogens (tertiary/aromatic N) is 1. The third-order valence-corrected chi connectivity index (χ3v) is 6.67. The highest BCUT2D eigenvalue weighted by molar-refractivity contribution is 6.25. The molecule has 24 heavy (non-hydrogen) atoms. The lowest BCUT2D eigenvalue weighted by Gasteiger charge is -2.37. The van der Waals surface area contributed by atoms with Crippen molar-refractivity contribution in [3.63, 3.8) is 0 Å². The lowest BCUT2D eigenvalue weighted by Crippen LogP contribution is -2.40. The Morgan fingerprint density at radius 3 is 2.12 bits per heavy atom. The number of allylic oxidation sites excluding steroid dienone is 2. The van der Waals surface area contributed by atoms with Crippen molar-refractivity contribution < 1.29 is 9.59 Å². The Hall–Kier alpha value is -2.42. The van der Waals surface area contributed by atoms with Gasteiger partial charge in [0.05, 0.1) is 17.5 Å². The van der Waals surface area contributed by atoms with Gasteiger partial charge in [-0.15, -0.1) is 0 Å². The van der Waals surface area contributed by atoms with Crippen LogP contribution in [0.15, 0.2) is 54.6 Å². The smallest absolute Gasteiger partial charge is 0.238 e. The van der Waals surface area contributed by atoms with Crippen LogP contribution in [-0.4, -0.2) is 11.8 Å². The molecule has 0 unspecified atom stereocenters. The van der Waals surface area contributed by atoms with Gasteiger partial charge in [-0.25, -0.2) is 4.90 Å². The van der Waals surface area contributed by atoms with Gasteiger partial charge in [0.15, 0.2) is 0 Å². The number of carbonyl (C=O) groups excluding carboxylic acids is 2. The Balaban J connectivity index is 1.52. The van der Waals surface area contributed by atoms with E-state index in [0.717, 1.165) is 16.5 Å². The molecule has 4 aliphatic carbocycles. The molecule has 118 valence electrons. The van der Waals surface area contributed by atoms with Crippen molar-refractivity contribution in [2.75, 3.05) is 4.90 Å². The molecule has 2 aromatic rings. The summed E-state index contributed by atoms with van der Waals surface area (Å²) in [7, 11) is 0. The summed E-state index contributed by atoms with van der Waals surface area (Å²) in [6, 6.07) is 13.8. The molecule has 0 aromatic heterocycles. The predicted octanol–water partition coefficient (Wildman–Crippen LogP) is 3.40. The summed E-state index contributed by atoms with van der Waals surface area (Å²) in [5.74, 6) is 1.63. The summed E-state index contributed by atoms with van der Waals surface area (Å²) < 4.78 is 0. The number of anilines is 1. The molecule has 0 N–H and O–H groups in total. The number of benzene rings is 2. The fourth-order valence-electron chi connectivity index (χ4n) is 5.60. The van der Waals surface area contributed by atoms with Crippen LogP contribution in [0.4, 0.5) is 5.69 Å². The largest absolute Gasteiger partial charge is 0.274 e. The minimum absolute atomic E-state index is 0.0195. The average Bonchev–Trinajstić information content (AvgIpc) is 3.39. The molecule has 2 amide bonds. The summed E-state index contributed by atoms with van der Waals surface area (Å²) in [4.78, 5) is 27.9. The fourth-order valence-corrected chi connectivity index (χ4v) is 5.60. The van der Waals surface area contributed by atoms with Gasteiger partial charge in [0, 0.05) is 5.39 Å². The van der Waals surface area contributed by atoms with E-state index in [1.165, 1.54) is 11.3 Å². The number of amides is 2. The van der Waals surface area contributed by atoms with Crippen LogP contribution in [0.3, 0.4) is 0 Å². The van der Waals surface area contributed by atoms with E-state index in [1.54, 1.807) is 0 Å². The Labute approximate surface area is 139 Å². The van der Waals surface area contributed by atoms with Crippen molar-refractivity contribution >= 4 is 28.3 Å². The number of imide groups is 1. The van der Waals surface area contributed by atoms with Crippen LogP contribution >= 0.6 is 0 Å². The first-order valence-corrected chi connectivity index (χ1v) is 8.79. The molecule has 1 aliphatic heterocycles. The molecule has 3 fully saturated rings. The third-order valence-electron chi connectivity index (χ3n) is 6.67.